The average molecular weight is 984 g/mol. The Labute approximate surface area is 406 Å². The van der Waals surface area contributed by atoms with Crippen LogP contribution in [0.3, 0.4) is 0 Å². The smallest absolute Gasteiger partial charge is 0.433 e. The first-order valence-corrected chi connectivity index (χ1v) is 23.3. The molecule has 366 valence electrons. The number of carbonyl (C=O) groups is 5. The van der Waals surface area contributed by atoms with Gasteiger partial charge in [0.2, 0.25) is 17.7 Å². The summed E-state index contributed by atoms with van der Waals surface area (Å²) >= 11 is 6.36. The first-order valence-electron chi connectivity index (χ1n) is 23.0. The van der Waals surface area contributed by atoms with E-state index in [4.69, 9.17) is 21.1 Å². The number of halogens is 5. The number of hydrogen-bond acceptors (Lipinski definition) is 10. The molecule has 3 aromatic carbocycles. The number of anilines is 2. The number of nitrogens with zero attached hydrogens (tertiary/aromatic N) is 3. The molecule has 6 atom stereocenters. The van der Waals surface area contributed by atoms with Crippen molar-refractivity contribution in [1.29, 1.82) is 0 Å². The molecule has 0 aliphatic carbocycles. The van der Waals surface area contributed by atoms with Crippen LogP contribution in [0.15, 0.2) is 66.9 Å². The number of rotatable bonds is 7. The monoisotopic (exact) mass is 983 g/mol. The van der Waals surface area contributed by atoms with Crippen molar-refractivity contribution in [3.8, 4) is 17.6 Å². The second kappa shape index (κ2) is 18.6. The number of pyridine rings is 1. The SMILES string of the molecule is COc1cc(C(=O)N2CCO[C@@H](C#Cc3ccc4c(c3)CN(C3CCC(=O)NC3=O)C4=O)CC2)ccc1NC(=O)[C@@H]1N[C@@H](CC(C)(C)C)[C@@]2(CNc3cc(C(F)(F)F)ncc32)[C@H]1c1cccc(Cl)c1F. The first-order chi connectivity index (χ1) is 33.2. The molecule has 9 rings (SSSR count). The molecule has 14 nitrogen and oxygen atoms in total. The van der Waals surface area contributed by atoms with E-state index in [9.17, 15) is 37.1 Å². The zero-order chi connectivity index (χ0) is 49.9. The molecule has 0 saturated carbocycles. The van der Waals surface area contributed by atoms with E-state index in [1.165, 1.54) is 36.4 Å². The fraction of sp³-hybridized carbons (Fsp3) is 0.412. The molecular formula is C51H50ClF4N7O7. The van der Waals surface area contributed by atoms with Crippen molar-refractivity contribution in [1.82, 2.24) is 25.4 Å². The van der Waals surface area contributed by atoms with Gasteiger partial charge in [-0.05, 0) is 77.9 Å². The molecule has 1 spiro atoms. The van der Waals surface area contributed by atoms with Gasteiger partial charge in [-0.25, -0.2) is 4.39 Å². The van der Waals surface area contributed by atoms with Gasteiger partial charge in [0.15, 0.2) is 0 Å². The number of piperidine rings is 1. The van der Waals surface area contributed by atoms with E-state index in [-0.39, 0.29) is 95.5 Å². The van der Waals surface area contributed by atoms with Crippen LogP contribution in [-0.2, 0) is 37.3 Å². The van der Waals surface area contributed by atoms with E-state index >= 15 is 4.39 Å². The van der Waals surface area contributed by atoms with Crippen molar-refractivity contribution in [3.63, 3.8) is 0 Å². The van der Waals surface area contributed by atoms with Gasteiger partial charge in [0.25, 0.3) is 11.8 Å². The predicted molar refractivity (Wildman–Crippen MR) is 250 cm³/mol. The van der Waals surface area contributed by atoms with Gasteiger partial charge in [-0.2, -0.15) is 13.2 Å². The maximum Gasteiger partial charge on any atom is 0.433 e. The minimum atomic E-state index is -4.71. The summed E-state index contributed by atoms with van der Waals surface area (Å²) in [4.78, 5) is 72.9. The Morgan fingerprint density at radius 2 is 1.84 bits per heavy atom. The lowest BCUT2D eigenvalue weighted by molar-refractivity contribution is -0.141. The molecule has 5 aliphatic heterocycles. The Morgan fingerprint density at radius 1 is 1.04 bits per heavy atom. The number of hydrogen-bond donors (Lipinski definition) is 4. The molecule has 1 aromatic heterocycles. The maximum atomic E-state index is 16.3. The van der Waals surface area contributed by atoms with Crippen molar-refractivity contribution in [2.24, 2.45) is 5.41 Å². The summed E-state index contributed by atoms with van der Waals surface area (Å²) in [6, 6.07) is 12.9. The number of nitrogens with one attached hydrogen (secondary N) is 4. The minimum Gasteiger partial charge on any atom is -0.495 e. The van der Waals surface area contributed by atoms with Crippen LogP contribution < -0.4 is 26.0 Å². The molecule has 5 aliphatic rings. The van der Waals surface area contributed by atoms with Crippen LogP contribution in [0.5, 0.6) is 5.75 Å². The summed E-state index contributed by atoms with van der Waals surface area (Å²) in [6.07, 6.45) is -2.77. The van der Waals surface area contributed by atoms with Gasteiger partial charge in [-0.15, -0.1) is 0 Å². The third-order valence-corrected chi connectivity index (χ3v) is 14.1. The van der Waals surface area contributed by atoms with Gasteiger partial charge >= 0.3 is 6.18 Å². The normalized spacial score (nSPS) is 24.3. The van der Waals surface area contributed by atoms with Gasteiger partial charge in [0.1, 0.15) is 29.4 Å². The van der Waals surface area contributed by atoms with E-state index in [0.29, 0.717) is 36.1 Å². The fourth-order valence-corrected chi connectivity index (χ4v) is 10.7. The van der Waals surface area contributed by atoms with Crippen molar-refractivity contribution < 1.29 is 51.0 Å². The Bertz CT molecular complexity index is 2880. The molecule has 0 bridgehead atoms. The highest BCUT2D eigenvalue weighted by Crippen LogP contribution is 2.57. The van der Waals surface area contributed by atoms with Gasteiger partial charge in [-0.1, -0.05) is 56.3 Å². The summed E-state index contributed by atoms with van der Waals surface area (Å²) < 4.78 is 69.7. The summed E-state index contributed by atoms with van der Waals surface area (Å²) in [5, 5.41) is 11.7. The Kier molecular flexibility index (Phi) is 12.9. The zero-order valence-corrected chi connectivity index (χ0v) is 39.4. The molecule has 4 N–H and O–H groups in total. The molecular weight excluding hydrogens is 934 g/mol. The van der Waals surface area contributed by atoms with Crippen molar-refractivity contribution >= 4 is 52.5 Å². The zero-order valence-electron chi connectivity index (χ0n) is 38.7. The molecule has 0 radical (unpaired) electrons. The molecule has 19 heteroatoms. The number of amides is 5. The van der Waals surface area contributed by atoms with Crippen LogP contribution >= 0.6 is 11.6 Å². The Hall–Kier alpha value is -6.55. The molecule has 4 aromatic rings. The van der Waals surface area contributed by atoms with Crippen molar-refractivity contribution in [2.45, 2.75) is 94.7 Å². The number of imide groups is 1. The molecule has 3 fully saturated rings. The fourth-order valence-electron chi connectivity index (χ4n) is 10.6. The minimum absolute atomic E-state index is 0.0703. The number of ether oxygens (including phenoxy) is 2. The van der Waals surface area contributed by atoms with Gasteiger partial charge in [0.05, 0.1) is 30.5 Å². The topological polar surface area (TPSA) is 171 Å². The third-order valence-electron chi connectivity index (χ3n) is 13.8. The standard InChI is InChI=1S/C51H50ClF4N7O7/c1-49(2,3)23-40-50(26-58-36-22-39(51(54,55)56)57-24-33(36)50)42(32-6-5-7-34(52)43(32)53)44(60-40)46(66)59-35-13-10-28(21-38(35)69-4)47(67)62-17-16-30(70-19-18-62)11-8-27-9-12-31-29(20-27)25-63(48(31)68)37-14-15-41(64)61-45(37)65/h5-7,9-10,12-13,20-22,24,30,37,40,42,44,58,60H,14-19,23,25-26H2,1-4H3,(H,59,66)(H,61,64,65)/t30-,37?,40-,42-,44+,50-/m0/s1. The number of aromatic nitrogens is 1. The van der Waals surface area contributed by atoms with Gasteiger partial charge < -0.3 is 35.2 Å². The average Bonchev–Trinajstić information content (AvgIpc) is 3.88. The first kappa shape index (κ1) is 48.5. The van der Waals surface area contributed by atoms with Crippen LogP contribution in [0.4, 0.5) is 28.9 Å². The highest BCUT2D eigenvalue weighted by Gasteiger charge is 2.62. The van der Waals surface area contributed by atoms with E-state index in [1.54, 1.807) is 35.2 Å². The molecule has 5 amide bonds. The summed E-state index contributed by atoms with van der Waals surface area (Å²) in [6.45, 7) is 7.09. The molecule has 3 saturated heterocycles. The van der Waals surface area contributed by atoms with Crippen LogP contribution in [0.25, 0.3) is 0 Å². The maximum absolute atomic E-state index is 16.3. The molecule has 1 unspecified atom stereocenters. The lowest BCUT2D eigenvalue weighted by Crippen LogP contribution is -2.52. The highest BCUT2D eigenvalue weighted by molar-refractivity contribution is 6.30. The number of carbonyl (C=O) groups excluding carboxylic acids is 5. The second-order valence-electron chi connectivity index (χ2n) is 19.5. The van der Waals surface area contributed by atoms with Crippen molar-refractivity contribution in [3.05, 3.63) is 117 Å². The highest BCUT2D eigenvalue weighted by atomic mass is 35.5. The number of alkyl halides is 3. The lowest BCUT2D eigenvalue weighted by atomic mass is 9.63. The van der Waals surface area contributed by atoms with Crippen LogP contribution in [0.1, 0.15) is 101 Å². The number of fused-ring (bicyclic) bond motifs is 3. The van der Waals surface area contributed by atoms with Crippen LogP contribution in [0, 0.1) is 23.1 Å². The lowest BCUT2D eigenvalue weighted by Gasteiger charge is -2.39. The molecule has 70 heavy (non-hydrogen) atoms. The van der Waals surface area contributed by atoms with E-state index < -0.39 is 65.1 Å². The summed E-state index contributed by atoms with van der Waals surface area (Å²) in [5.41, 5.74) is 0.466. The quantitative estimate of drug-likeness (QED) is 0.0877. The van der Waals surface area contributed by atoms with Gasteiger partial charge in [-0.3, -0.25) is 34.3 Å². The summed E-state index contributed by atoms with van der Waals surface area (Å²) in [5.74, 6) is 2.69. The largest absolute Gasteiger partial charge is 0.495 e. The number of methoxy groups -OCH3 is 1. The second-order valence-corrected chi connectivity index (χ2v) is 19.9. The number of benzene rings is 3. The van der Waals surface area contributed by atoms with Crippen LogP contribution in [0.2, 0.25) is 5.02 Å². The Balaban J connectivity index is 0.911. The van der Waals surface area contributed by atoms with Crippen molar-refractivity contribution in [2.75, 3.05) is 44.0 Å². The molecule has 6 heterocycles. The van der Waals surface area contributed by atoms with E-state index in [1.807, 2.05) is 26.8 Å². The Morgan fingerprint density at radius 3 is 2.59 bits per heavy atom. The van der Waals surface area contributed by atoms with E-state index in [0.717, 1.165) is 11.6 Å². The predicted octanol–water partition coefficient (Wildman–Crippen LogP) is 6.81. The summed E-state index contributed by atoms with van der Waals surface area (Å²) in [7, 11) is 1.39. The van der Waals surface area contributed by atoms with E-state index in [2.05, 4.69) is 38.1 Å². The third kappa shape index (κ3) is 9.17. The van der Waals surface area contributed by atoms with Gasteiger partial charge in [0, 0.05) is 90.5 Å². The van der Waals surface area contributed by atoms with Crippen LogP contribution in [-0.4, -0.2) is 102 Å².